The Kier molecular flexibility index (Phi) is 5.28. The number of rotatable bonds is 4. The van der Waals surface area contributed by atoms with Gasteiger partial charge in [0, 0.05) is 16.8 Å². The first kappa shape index (κ1) is 16.0. The Labute approximate surface area is 141 Å². The van der Waals surface area contributed by atoms with Gasteiger partial charge in [-0.2, -0.15) is 10.1 Å². The summed E-state index contributed by atoms with van der Waals surface area (Å²) in [5.41, 5.74) is 1.90. The maximum atomic E-state index is 6.15. The first-order valence-electron chi connectivity index (χ1n) is 8.20. The maximum Gasteiger partial charge on any atom is 0.249 e. The minimum absolute atomic E-state index is 0.476. The van der Waals surface area contributed by atoms with Crippen LogP contribution in [0.1, 0.15) is 44.1 Å². The molecule has 0 atom stereocenters. The SMILES string of the molecule is Cc1ccc(Nc2nncc(NC3CCCCCC3)n2)cc1Cl. The van der Waals surface area contributed by atoms with E-state index in [9.17, 15) is 0 Å². The van der Waals surface area contributed by atoms with E-state index in [-0.39, 0.29) is 0 Å². The number of hydrogen-bond donors (Lipinski definition) is 2. The van der Waals surface area contributed by atoms with Gasteiger partial charge in [-0.3, -0.25) is 0 Å². The van der Waals surface area contributed by atoms with E-state index >= 15 is 0 Å². The van der Waals surface area contributed by atoms with E-state index in [2.05, 4.69) is 25.8 Å². The van der Waals surface area contributed by atoms with Crippen LogP contribution < -0.4 is 10.6 Å². The van der Waals surface area contributed by atoms with E-state index in [1.54, 1.807) is 6.20 Å². The highest BCUT2D eigenvalue weighted by Gasteiger charge is 2.13. The van der Waals surface area contributed by atoms with Gasteiger partial charge < -0.3 is 10.6 Å². The van der Waals surface area contributed by atoms with E-state index < -0.39 is 0 Å². The summed E-state index contributed by atoms with van der Waals surface area (Å²) in [6, 6.07) is 6.27. The molecule has 0 bridgehead atoms. The zero-order chi connectivity index (χ0) is 16.1. The third kappa shape index (κ3) is 4.55. The average Bonchev–Trinajstić information content (AvgIpc) is 2.80. The fourth-order valence-corrected chi connectivity index (χ4v) is 3.04. The van der Waals surface area contributed by atoms with Crippen LogP contribution >= 0.6 is 11.6 Å². The second-order valence-electron chi connectivity index (χ2n) is 6.09. The first-order chi connectivity index (χ1) is 11.2. The van der Waals surface area contributed by atoms with Crippen molar-refractivity contribution in [3.05, 3.63) is 35.0 Å². The molecule has 2 aromatic rings. The molecule has 6 heteroatoms. The van der Waals surface area contributed by atoms with E-state index in [4.69, 9.17) is 11.6 Å². The molecule has 1 aliphatic carbocycles. The molecular formula is C17H22ClN5. The lowest BCUT2D eigenvalue weighted by atomic mass is 10.1. The summed E-state index contributed by atoms with van der Waals surface area (Å²) in [5.74, 6) is 1.25. The van der Waals surface area contributed by atoms with Crippen molar-refractivity contribution < 1.29 is 0 Å². The van der Waals surface area contributed by atoms with Crippen LogP contribution in [0.4, 0.5) is 17.5 Å². The van der Waals surface area contributed by atoms with Crippen LogP contribution in [0.25, 0.3) is 0 Å². The summed E-state index contributed by atoms with van der Waals surface area (Å²) in [5, 5.41) is 15.4. The van der Waals surface area contributed by atoms with Crippen molar-refractivity contribution in [2.75, 3.05) is 10.6 Å². The Bertz CT molecular complexity index is 653. The van der Waals surface area contributed by atoms with E-state index in [0.29, 0.717) is 12.0 Å². The summed E-state index contributed by atoms with van der Waals surface area (Å²) in [4.78, 5) is 4.51. The summed E-state index contributed by atoms with van der Waals surface area (Å²) in [6.45, 7) is 1.97. The van der Waals surface area contributed by atoms with Gasteiger partial charge in [-0.1, -0.05) is 43.4 Å². The molecule has 0 unspecified atom stereocenters. The molecule has 2 N–H and O–H groups in total. The third-order valence-electron chi connectivity index (χ3n) is 4.19. The molecule has 0 radical (unpaired) electrons. The highest BCUT2D eigenvalue weighted by Crippen LogP contribution is 2.23. The summed E-state index contributed by atoms with van der Waals surface area (Å²) < 4.78 is 0. The topological polar surface area (TPSA) is 62.7 Å². The van der Waals surface area contributed by atoms with Crippen LogP contribution in [0.5, 0.6) is 0 Å². The molecule has 1 aromatic carbocycles. The van der Waals surface area contributed by atoms with Gasteiger partial charge in [0.2, 0.25) is 5.95 Å². The molecule has 1 aromatic heterocycles. The highest BCUT2D eigenvalue weighted by atomic mass is 35.5. The molecule has 0 saturated heterocycles. The Morgan fingerprint density at radius 1 is 1.13 bits per heavy atom. The van der Waals surface area contributed by atoms with Crippen molar-refractivity contribution in [1.29, 1.82) is 0 Å². The predicted molar refractivity (Wildman–Crippen MR) is 94.4 cm³/mol. The van der Waals surface area contributed by atoms with Crippen LogP contribution in [0.3, 0.4) is 0 Å². The summed E-state index contributed by atoms with van der Waals surface area (Å²) in [7, 11) is 0. The summed E-state index contributed by atoms with van der Waals surface area (Å²) in [6.07, 6.45) is 9.30. The molecular weight excluding hydrogens is 310 g/mol. The zero-order valence-electron chi connectivity index (χ0n) is 13.3. The van der Waals surface area contributed by atoms with Gasteiger partial charge in [-0.05, 0) is 37.5 Å². The molecule has 1 aliphatic rings. The van der Waals surface area contributed by atoms with Crippen molar-refractivity contribution in [1.82, 2.24) is 15.2 Å². The minimum atomic E-state index is 0.476. The van der Waals surface area contributed by atoms with Gasteiger partial charge in [0.15, 0.2) is 5.82 Å². The molecule has 1 saturated carbocycles. The minimum Gasteiger partial charge on any atom is -0.366 e. The van der Waals surface area contributed by atoms with Gasteiger partial charge in [0.25, 0.3) is 0 Å². The van der Waals surface area contributed by atoms with Crippen LogP contribution in [-0.2, 0) is 0 Å². The van der Waals surface area contributed by atoms with Crippen molar-refractivity contribution in [2.45, 2.75) is 51.5 Å². The fraction of sp³-hybridized carbons (Fsp3) is 0.471. The van der Waals surface area contributed by atoms with Crippen molar-refractivity contribution in [3.63, 3.8) is 0 Å². The van der Waals surface area contributed by atoms with Crippen molar-refractivity contribution in [2.24, 2.45) is 0 Å². The van der Waals surface area contributed by atoms with Crippen LogP contribution in [-0.4, -0.2) is 21.2 Å². The van der Waals surface area contributed by atoms with Gasteiger partial charge in [-0.15, -0.1) is 5.10 Å². The van der Waals surface area contributed by atoms with Crippen molar-refractivity contribution >= 4 is 29.1 Å². The van der Waals surface area contributed by atoms with Crippen LogP contribution in [0, 0.1) is 6.92 Å². The largest absolute Gasteiger partial charge is 0.366 e. The monoisotopic (exact) mass is 331 g/mol. The number of hydrogen-bond acceptors (Lipinski definition) is 5. The second-order valence-corrected chi connectivity index (χ2v) is 6.49. The Morgan fingerprint density at radius 3 is 2.65 bits per heavy atom. The molecule has 122 valence electrons. The molecule has 1 heterocycles. The van der Waals surface area contributed by atoms with Gasteiger partial charge in [0.05, 0.1) is 6.20 Å². The lowest BCUT2D eigenvalue weighted by Gasteiger charge is -2.16. The number of anilines is 3. The fourth-order valence-electron chi connectivity index (χ4n) is 2.86. The number of benzene rings is 1. The third-order valence-corrected chi connectivity index (χ3v) is 4.60. The van der Waals surface area contributed by atoms with E-state index in [0.717, 1.165) is 22.1 Å². The first-order valence-corrected chi connectivity index (χ1v) is 8.58. The molecule has 0 amide bonds. The number of nitrogens with zero attached hydrogens (tertiary/aromatic N) is 3. The lowest BCUT2D eigenvalue weighted by Crippen LogP contribution is -2.19. The molecule has 3 rings (SSSR count). The number of aryl methyl sites for hydroxylation is 1. The molecule has 0 spiro atoms. The van der Waals surface area contributed by atoms with E-state index in [1.807, 2.05) is 25.1 Å². The Balaban J connectivity index is 1.67. The quantitative estimate of drug-likeness (QED) is 0.794. The smallest absolute Gasteiger partial charge is 0.249 e. The Hall–Kier alpha value is -1.88. The number of nitrogens with one attached hydrogen (secondary N) is 2. The predicted octanol–water partition coefficient (Wildman–Crippen LogP) is 4.71. The Morgan fingerprint density at radius 2 is 1.91 bits per heavy atom. The molecule has 23 heavy (non-hydrogen) atoms. The zero-order valence-corrected chi connectivity index (χ0v) is 14.1. The number of aromatic nitrogens is 3. The highest BCUT2D eigenvalue weighted by molar-refractivity contribution is 6.31. The standard InChI is InChI=1S/C17H22ClN5/c1-12-8-9-14(10-15(12)18)21-17-22-16(11-19-23-17)20-13-6-4-2-3-5-7-13/h8-11,13H,2-7H2,1H3,(H2,20,21,22,23). The van der Waals surface area contributed by atoms with Gasteiger partial charge in [0.1, 0.15) is 0 Å². The van der Waals surface area contributed by atoms with Gasteiger partial charge in [-0.25, -0.2) is 0 Å². The second kappa shape index (κ2) is 7.59. The molecule has 5 nitrogen and oxygen atoms in total. The summed E-state index contributed by atoms with van der Waals surface area (Å²) >= 11 is 6.15. The van der Waals surface area contributed by atoms with Gasteiger partial charge >= 0.3 is 0 Å². The lowest BCUT2D eigenvalue weighted by molar-refractivity contribution is 0.617. The normalized spacial score (nSPS) is 15.9. The maximum absolute atomic E-state index is 6.15. The molecule has 1 fully saturated rings. The number of halogens is 1. The van der Waals surface area contributed by atoms with Crippen molar-refractivity contribution in [3.8, 4) is 0 Å². The average molecular weight is 332 g/mol. The van der Waals surface area contributed by atoms with Crippen LogP contribution in [0.2, 0.25) is 5.02 Å². The van der Waals surface area contributed by atoms with E-state index in [1.165, 1.54) is 38.5 Å². The van der Waals surface area contributed by atoms with Crippen LogP contribution in [0.15, 0.2) is 24.4 Å². The molecule has 0 aliphatic heterocycles.